The number of carboxylic acid groups (broad SMARTS) is 1. The number of hydrogen-bond donors (Lipinski definition) is 1. The van der Waals surface area contributed by atoms with E-state index < -0.39 is 22.7 Å². The Morgan fingerprint density at radius 2 is 2.00 bits per heavy atom. The maximum atomic E-state index is 11.4. The Bertz CT molecular complexity index is 295. The molecule has 7 nitrogen and oxygen atoms in total. The van der Waals surface area contributed by atoms with Crippen LogP contribution < -0.4 is 9.83 Å². The molecule has 0 bridgehead atoms. The first-order valence-electron chi connectivity index (χ1n) is 4.13. The number of ether oxygens (including phenoxy) is 1. The van der Waals surface area contributed by atoms with Gasteiger partial charge in [0.25, 0.3) is 0 Å². The molecule has 0 radical (unpaired) electrons. The van der Waals surface area contributed by atoms with Crippen LogP contribution in [0.4, 0.5) is 0 Å². The lowest BCUT2D eigenvalue weighted by Crippen LogP contribution is -2.92. The third kappa shape index (κ3) is 3.22. The van der Waals surface area contributed by atoms with Crippen molar-refractivity contribution in [3.8, 4) is 0 Å². The summed E-state index contributed by atoms with van der Waals surface area (Å²) in [7, 11) is -3.57. The molecular formula is C6H12N2O5S. The summed E-state index contributed by atoms with van der Waals surface area (Å²) in [6.45, 7) is 0.647. The summed E-state index contributed by atoms with van der Waals surface area (Å²) in [5.74, 6) is -1.40. The summed E-state index contributed by atoms with van der Waals surface area (Å²) < 4.78 is 29.8. The van der Waals surface area contributed by atoms with Gasteiger partial charge in [-0.15, -0.1) is 0 Å². The Balaban J connectivity index is 2.50. The number of nitrogens with zero attached hydrogens (tertiary/aromatic N) is 1. The summed E-state index contributed by atoms with van der Waals surface area (Å²) in [4.78, 5) is 10.1. The topological polar surface area (TPSA) is 103 Å². The van der Waals surface area contributed by atoms with Crippen LogP contribution in [0.3, 0.4) is 0 Å². The summed E-state index contributed by atoms with van der Waals surface area (Å²) in [6.07, 6.45) is 0. The van der Waals surface area contributed by atoms with E-state index >= 15 is 0 Å². The van der Waals surface area contributed by atoms with Crippen LogP contribution in [0.15, 0.2) is 0 Å². The van der Waals surface area contributed by atoms with Crippen molar-refractivity contribution in [1.29, 1.82) is 0 Å². The molecule has 82 valence electrons. The second-order valence-electron chi connectivity index (χ2n) is 2.80. The van der Waals surface area contributed by atoms with Crippen LogP contribution in [0.25, 0.3) is 0 Å². The minimum atomic E-state index is -3.57. The Kier molecular flexibility index (Phi) is 3.81. The number of rotatable bonds is 4. The monoisotopic (exact) mass is 224 g/mol. The number of morpholine rings is 1. The largest absolute Gasteiger partial charge is 0.544 e. The van der Waals surface area contributed by atoms with Crippen LogP contribution in [-0.2, 0) is 19.7 Å². The van der Waals surface area contributed by atoms with Gasteiger partial charge in [0.2, 0.25) is 0 Å². The summed E-state index contributed by atoms with van der Waals surface area (Å²) in [5.41, 5.74) is 0. The summed E-state index contributed by atoms with van der Waals surface area (Å²) in [6, 6.07) is 0. The van der Waals surface area contributed by atoms with E-state index in [1.807, 2.05) is 0 Å². The highest BCUT2D eigenvalue weighted by Gasteiger charge is 2.26. The summed E-state index contributed by atoms with van der Waals surface area (Å²) >= 11 is 0. The fourth-order valence-electron chi connectivity index (χ4n) is 1.08. The van der Waals surface area contributed by atoms with Crippen LogP contribution in [-0.4, -0.2) is 51.5 Å². The molecule has 1 aliphatic rings. The van der Waals surface area contributed by atoms with Crippen molar-refractivity contribution >= 4 is 16.2 Å². The van der Waals surface area contributed by atoms with E-state index in [0.29, 0.717) is 13.2 Å². The van der Waals surface area contributed by atoms with Crippen LogP contribution in [0.5, 0.6) is 0 Å². The molecule has 0 aromatic rings. The van der Waals surface area contributed by atoms with Crippen molar-refractivity contribution in [3.63, 3.8) is 0 Å². The first-order valence-corrected chi connectivity index (χ1v) is 5.63. The molecule has 8 heteroatoms. The Morgan fingerprint density at radius 1 is 1.43 bits per heavy atom. The van der Waals surface area contributed by atoms with Gasteiger partial charge >= 0.3 is 10.2 Å². The number of carboxylic acids is 1. The van der Waals surface area contributed by atoms with Crippen molar-refractivity contribution in [1.82, 2.24) is 4.31 Å². The van der Waals surface area contributed by atoms with Gasteiger partial charge in [-0.1, -0.05) is 0 Å². The summed E-state index contributed by atoms with van der Waals surface area (Å²) in [5, 5.41) is 10.1. The van der Waals surface area contributed by atoms with Gasteiger partial charge in [0.15, 0.2) is 0 Å². The highest BCUT2D eigenvalue weighted by Crippen LogP contribution is 1.98. The Hall–Kier alpha value is -0.700. The normalized spacial score (nSPS) is 19.4. The van der Waals surface area contributed by atoms with Gasteiger partial charge in [0.05, 0.1) is 19.2 Å². The van der Waals surface area contributed by atoms with Gasteiger partial charge in [-0.2, -0.15) is 12.7 Å². The van der Waals surface area contributed by atoms with Crippen LogP contribution >= 0.6 is 0 Å². The predicted octanol–water partition coefficient (Wildman–Crippen LogP) is -4.12. The number of hydrogen-bond acceptors (Lipinski definition) is 5. The molecule has 0 aliphatic carbocycles. The number of aliphatic carboxylic acids is 1. The number of nitrogens with two attached hydrogens (primary N) is 1. The van der Waals surface area contributed by atoms with Crippen LogP contribution in [0, 0.1) is 0 Å². The van der Waals surface area contributed by atoms with Crippen LogP contribution in [0.2, 0.25) is 0 Å². The molecule has 1 saturated heterocycles. The van der Waals surface area contributed by atoms with Gasteiger partial charge < -0.3 is 14.6 Å². The van der Waals surface area contributed by atoms with E-state index in [2.05, 4.69) is 0 Å². The van der Waals surface area contributed by atoms with E-state index in [4.69, 9.17) is 4.74 Å². The van der Waals surface area contributed by atoms with Crippen molar-refractivity contribution in [3.05, 3.63) is 0 Å². The van der Waals surface area contributed by atoms with Gasteiger partial charge in [-0.25, -0.2) is 4.72 Å². The lowest BCUT2D eigenvalue weighted by Gasteiger charge is -2.23. The third-order valence-electron chi connectivity index (χ3n) is 1.79. The zero-order chi connectivity index (χ0) is 10.6. The maximum Gasteiger partial charge on any atom is 0.369 e. The standard InChI is InChI=1S/C6H12N2O5S/c9-6(10)5-7-14(11,12)8-1-3-13-4-2-8/h7H,1-5H2,(H,9,10). The van der Waals surface area contributed by atoms with E-state index in [-0.39, 0.29) is 13.1 Å². The number of carbonyl (C=O) groups is 1. The van der Waals surface area contributed by atoms with Gasteiger partial charge in [0.1, 0.15) is 6.54 Å². The lowest BCUT2D eigenvalue weighted by molar-refractivity contribution is -0.504. The molecule has 0 atom stereocenters. The van der Waals surface area contributed by atoms with Crippen molar-refractivity contribution < 1.29 is 27.8 Å². The van der Waals surface area contributed by atoms with Crippen molar-refractivity contribution in [2.24, 2.45) is 0 Å². The molecule has 1 aliphatic heterocycles. The quantitative estimate of drug-likeness (QED) is 0.522. The molecule has 0 spiro atoms. The van der Waals surface area contributed by atoms with E-state index in [9.17, 15) is 18.3 Å². The zero-order valence-electron chi connectivity index (χ0n) is 7.51. The van der Waals surface area contributed by atoms with Crippen LogP contribution in [0.1, 0.15) is 0 Å². The molecule has 1 rings (SSSR count). The minimum absolute atomic E-state index is 0.270. The molecule has 0 aromatic heterocycles. The predicted molar refractivity (Wildman–Crippen MR) is 43.1 cm³/mol. The number of quaternary nitrogens is 1. The molecule has 0 amide bonds. The Labute approximate surface area is 81.8 Å². The highest BCUT2D eigenvalue weighted by atomic mass is 32.2. The second kappa shape index (κ2) is 4.69. The molecular weight excluding hydrogens is 212 g/mol. The maximum absolute atomic E-state index is 11.4. The molecule has 1 heterocycles. The van der Waals surface area contributed by atoms with Crippen molar-refractivity contribution in [2.75, 3.05) is 32.8 Å². The fraction of sp³-hybridized carbons (Fsp3) is 0.833. The van der Waals surface area contributed by atoms with E-state index in [1.165, 1.54) is 4.31 Å². The highest BCUT2D eigenvalue weighted by molar-refractivity contribution is 7.82. The average molecular weight is 224 g/mol. The van der Waals surface area contributed by atoms with Gasteiger partial charge in [0, 0.05) is 13.1 Å². The average Bonchev–Trinajstić information content (AvgIpc) is 2.16. The zero-order valence-corrected chi connectivity index (χ0v) is 8.33. The van der Waals surface area contributed by atoms with E-state index in [0.717, 1.165) is 4.72 Å². The van der Waals surface area contributed by atoms with E-state index in [1.54, 1.807) is 0 Å². The molecule has 1 fully saturated rings. The van der Waals surface area contributed by atoms with Gasteiger partial charge in [-0.3, -0.25) is 0 Å². The third-order valence-corrected chi connectivity index (χ3v) is 3.46. The molecule has 0 saturated carbocycles. The van der Waals surface area contributed by atoms with Crippen molar-refractivity contribution in [2.45, 2.75) is 0 Å². The molecule has 14 heavy (non-hydrogen) atoms. The smallest absolute Gasteiger partial charge is 0.369 e. The first-order chi connectivity index (χ1) is 6.52. The first kappa shape index (κ1) is 11.4. The molecule has 0 unspecified atom stereocenters. The lowest BCUT2D eigenvalue weighted by atomic mass is 10.5. The molecule has 0 aromatic carbocycles. The molecule has 2 N–H and O–H groups in total. The minimum Gasteiger partial charge on any atom is -0.544 e. The Morgan fingerprint density at radius 3 is 2.50 bits per heavy atom. The second-order valence-corrected chi connectivity index (χ2v) is 4.68. The fourth-order valence-corrected chi connectivity index (χ4v) is 2.30. The SMILES string of the molecule is O=C([O-])C[NH2+]S(=O)(=O)N1CCOCC1. The number of carbonyl (C=O) groups excluding carboxylic acids is 1. The van der Waals surface area contributed by atoms with Gasteiger partial charge in [-0.05, 0) is 0 Å².